The molecule has 1 aliphatic carbocycles. The highest BCUT2D eigenvalue weighted by atomic mass is 32.2. The molecule has 1 fully saturated rings. The standard InChI is InChI=1S/C15H20N2O2S/c1-9-5-10(2)7-12(6-9)20(18)15-17-13-8-11(16)3-4-14(13)19-15/h3-4,8-10,12H,5-7,16H2,1-2H3. The number of rotatable bonds is 2. The Bertz CT molecular complexity index is 642. The molecule has 2 aromatic rings. The fourth-order valence-corrected chi connectivity index (χ4v) is 4.85. The van der Waals surface area contributed by atoms with E-state index in [0.29, 0.717) is 33.8 Å². The van der Waals surface area contributed by atoms with Crippen molar-refractivity contribution < 1.29 is 8.63 Å². The highest BCUT2D eigenvalue weighted by molar-refractivity contribution is 7.85. The Balaban J connectivity index is 1.88. The van der Waals surface area contributed by atoms with Gasteiger partial charge in [0.05, 0.1) is 0 Å². The second-order valence-electron chi connectivity index (χ2n) is 6.04. The van der Waals surface area contributed by atoms with Crippen LogP contribution in [0.1, 0.15) is 33.1 Å². The number of nitrogen functional groups attached to an aromatic ring is 1. The summed E-state index contributed by atoms with van der Waals surface area (Å²) < 4.78 is 18.3. The molecule has 20 heavy (non-hydrogen) atoms. The molecule has 1 aromatic heterocycles. The van der Waals surface area contributed by atoms with Crippen LogP contribution in [0.25, 0.3) is 11.1 Å². The molecule has 1 aliphatic rings. The zero-order chi connectivity index (χ0) is 14.3. The number of benzene rings is 1. The number of nitrogens with zero attached hydrogens (tertiary/aromatic N) is 1. The maximum atomic E-state index is 12.7. The molecule has 1 saturated carbocycles. The summed E-state index contributed by atoms with van der Waals surface area (Å²) in [6.07, 6.45) is 3.19. The third kappa shape index (κ3) is 2.59. The molecule has 0 aliphatic heterocycles. The highest BCUT2D eigenvalue weighted by Crippen LogP contribution is 2.33. The molecule has 0 saturated heterocycles. The van der Waals surface area contributed by atoms with E-state index in [-0.39, 0.29) is 5.25 Å². The van der Waals surface area contributed by atoms with E-state index in [1.807, 2.05) is 0 Å². The average molecular weight is 292 g/mol. The zero-order valence-corrected chi connectivity index (χ0v) is 12.7. The van der Waals surface area contributed by atoms with Crippen molar-refractivity contribution in [1.82, 2.24) is 4.98 Å². The van der Waals surface area contributed by atoms with Crippen LogP contribution < -0.4 is 5.73 Å². The second kappa shape index (κ2) is 5.20. The summed E-state index contributed by atoms with van der Waals surface area (Å²) in [7, 11) is -1.17. The first-order valence-electron chi connectivity index (χ1n) is 7.09. The van der Waals surface area contributed by atoms with Gasteiger partial charge >= 0.3 is 0 Å². The normalized spacial score (nSPS) is 28.6. The van der Waals surface area contributed by atoms with Crippen molar-refractivity contribution in [3.05, 3.63) is 18.2 Å². The third-order valence-electron chi connectivity index (χ3n) is 4.00. The minimum Gasteiger partial charge on any atom is -0.430 e. The molecule has 2 N–H and O–H groups in total. The number of oxazole rings is 1. The molecule has 1 heterocycles. The van der Waals surface area contributed by atoms with Gasteiger partial charge in [0.2, 0.25) is 0 Å². The largest absolute Gasteiger partial charge is 0.430 e. The van der Waals surface area contributed by atoms with Crippen LogP contribution in [0.4, 0.5) is 5.69 Å². The SMILES string of the molecule is CC1CC(C)CC(S(=O)c2nc3cc(N)ccc3o2)C1. The van der Waals surface area contributed by atoms with Gasteiger partial charge in [-0.1, -0.05) is 13.8 Å². The van der Waals surface area contributed by atoms with Crippen LogP contribution >= 0.6 is 0 Å². The summed E-state index contributed by atoms with van der Waals surface area (Å²) in [5.74, 6) is 1.24. The van der Waals surface area contributed by atoms with Crippen LogP contribution in [-0.2, 0) is 10.8 Å². The maximum absolute atomic E-state index is 12.7. The predicted octanol–water partition coefficient (Wildman–Crippen LogP) is 3.34. The number of nitrogens with two attached hydrogens (primary N) is 1. The Hall–Kier alpha value is -1.36. The van der Waals surface area contributed by atoms with Gasteiger partial charge in [-0.25, -0.2) is 9.19 Å². The van der Waals surface area contributed by atoms with Crippen molar-refractivity contribution in [2.24, 2.45) is 11.8 Å². The Morgan fingerprint density at radius 1 is 1.25 bits per heavy atom. The van der Waals surface area contributed by atoms with E-state index in [4.69, 9.17) is 10.2 Å². The van der Waals surface area contributed by atoms with E-state index >= 15 is 0 Å². The first-order chi connectivity index (χ1) is 9.52. The fraction of sp³-hybridized carbons (Fsp3) is 0.533. The molecular formula is C15H20N2O2S. The summed E-state index contributed by atoms with van der Waals surface area (Å²) >= 11 is 0. The first-order valence-corrected chi connectivity index (χ1v) is 8.31. The van der Waals surface area contributed by atoms with Crippen molar-refractivity contribution in [2.75, 3.05) is 5.73 Å². The molecule has 3 atom stereocenters. The van der Waals surface area contributed by atoms with Crippen molar-refractivity contribution in [1.29, 1.82) is 0 Å². The summed E-state index contributed by atoms with van der Waals surface area (Å²) in [5, 5.41) is 0.496. The van der Waals surface area contributed by atoms with Crippen LogP contribution in [0.3, 0.4) is 0 Å². The molecule has 4 nitrogen and oxygen atoms in total. The molecule has 1 aromatic carbocycles. The number of aromatic nitrogens is 1. The molecule has 0 spiro atoms. The molecule has 3 unspecified atom stereocenters. The number of fused-ring (bicyclic) bond motifs is 1. The fourth-order valence-electron chi connectivity index (χ4n) is 3.20. The minimum absolute atomic E-state index is 0.152. The molecular weight excluding hydrogens is 272 g/mol. The van der Waals surface area contributed by atoms with Gasteiger partial charge in [-0.05, 0) is 49.3 Å². The monoisotopic (exact) mass is 292 g/mol. The topological polar surface area (TPSA) is 69.1 Å². The van der Waals surface area contributed by atoms with Crippen molar-refractivity contribution in [2.45, 2.75) is 43.6 Å². The van der Waals surface area contributed by atoms with Crippen molar-refractivity contribution in [3.63, 3.8) is 0 Å². The summed E-state index contributed by atoms with van der Waals surface area (Å²) in [4.78, 5) is 4.35. The molecule has 0 bridgehead atoms. The molecule has 108 valence electrons. The Morgan fingerprint density at radius 3 is 2.65 bits per heavy atom. The van der Waals surface area contributed by atoms with Crippen LogP contribution in [0.15, 0.2) is 27.8 Å². The number of hydrogen-bond donors (Lipinski definition) is 1. The lowest BCUT2D eigenvalue weighted by molar-refractivity contribution is 0.303. The van der Waals surface area contributed by atoms with Crippen LogP contribution in [0, 0.1) is 11.8 Å². The van der Waals surface area contributed by atoms with Gasteiger partial charge in [0.15, 0.2) is 5.58 Å². The second-order valence-corrected chi connectivity index (χ2v) is 7.65. The van der Waals surface area contributed by atoms with E-state index in [1.54, 1.807) is 18.2 Å². The molecule has 0 radical (unpaired) electrons. The number of anilines is 1. The van der Waals surface area contributed by atoms with E-state index in [1.165, 1.54) is 6.42 Å². The lowest BCUT2D eigenvalue weighted by atomic mass is 9.83. The van der Waals surface area contributed by atoms with Crippen LogP contribution in [-0.4, -0.2) is 14.4 Å². The average Bonchev–Trinajstić information content (AvgIpc) is 2.79. The smallest absolute Gasteiger partial charge is 0.288 e. The van der Waals surface area contributed by atoms with Gasteiger partial charge in [0.25, 0.3) is 5.22 Å². The minimum atomic E-state index is -1.17. The molecule has 5 heteroatoms. The Kier molecular flexibility index (Phi) is 3.54. The molecule has 3 rings (SSSR count). The van der Waals surface area contributed by atoms with Gasteiger partial charge in [-0.2, -0.15) is 0 Å². The molecule has 0 amide bonds. The highest BCUT2D eigenvalue weighted by Gasteiger charge is 2.31. The van der Waals surface area contributed by atoms with Crippen molar-refractivity contribution in [3.8, 4) is 0 Å². The zero-order valence-electron chi connectivity index (χ0n) is 11.8. The van der Waals surface area contributed by atoms with Crippen molar-refractivity contribution >= 4 is 27.6 Å². The Morgan fingerprint density at radius 2 is 1.95 bits per heavy atom. The van der Waals surface area contributed by atoms with Gasteiger partial charge < -0.3 is 10.2 Å². The van der Waals surface area contributed by atoms with Crippen LogP contribution in [0.5, 0.6) is 0 Å². The van der Waals surface area contributed by atoms with E-state index in [0.717, 1.165) is 12.8 Å². The predicted molar refractivity (Wildman–Crippen MR) is 80.8 cm³/mol. The van der Waals surface area contributed by atoms with Crippen LogP contribution in [0.2, 0.25) is 0 Å². The lowest BCUT2D eigenvalue weighted by Gasteiger charge is -2.29. The number of hydrogen-bond acceptors (Lipinski definition) is 4. The van der Waals surface area contributed by atoms with Gasteiger partial charge in [0.1, 0.15) is 16.3 Å². The first kappa shape index (κ1) is 13.6. The summed E-state index contributed by atoms with van der Waals surface area (Å²) in [5.41, 5.74) is 7.71. The Labute approximate surface area is 121 Å². The quantitative estimate of drug-likeness (QED) is 0.862. The third-order valence-corrected chi connectivity index (χ3v) is 5.51. The van der Waals surface area contributed by atoms with E-state index in [9.17, 15) is 4.21 Å². The lowest BCUT2D eigenvalue weighted by Crippen LogP contribution is -2.27. The van der Waals surface area contributed by atoms with Gasteiger partial charge in [-0.3, -0.25) is 0 Å². The van der Waals surface area contributed by atoms with Gasteiger partial charge in [0, 0.05) is 10.9 Å². The van der Waals surface area contributed by atoms with Gasteiger partial charge in [-0.15, -0.1) is 0 Å². The maximum Gasteiger partial charge on any atom is 0.288 e. The van der Waals surface area contributed by atoms with E-state index < -0.39 is 10.8 Å². The summed E-state index contributed by atoms with van der Waals surface area (Å²) in [6, 6.07) is 5.31. The summed E-state index contributed by atoms with van der Waals surface area (Å²) in [6.45, 7) is 4.46. The van der Waals surface area contributed by atoms with E-state index in [2.05, 4.69) is 18.8 Å².